The highest BCUT2D eigenvalue weighted by Gasteiger charge is 2.10. The number of H-pyrrole nitrogens is 2. The van der Waals surface area contributed by atoms with Crippen molar-refractivity contribution in [2.24, 2.45) is 0 Å². The first-order valence-electron chi connectivity index (χ1n) is 8.85. The van der Waals surface area contributed by atoms with Gasteiger partial charge in [-0.25, -0.2) is 9.97 Å². The van der Waals surface area contributed by atoms with Gasteiger partial charge in [0.15, 0.2) is 0 Å². The molecule has 0 radical (unpaired) electrons. The molecule has 0 aliphatic rings. The third-order valence-electron chi connectivity index (χ3n) is 4.83. The number of imidazole rings is 2. The molecule has 2 N–H and O–H groups in total. The summed E-state index contributed by atoms with van der Waals surface area (Å²) in [5.74, 6) is 1.62. The highest BCUT2D eigenvalue weighted by atomic mass is 15.1. The van der Waals surface area contributed by atoms with E-state index in [4.69, 9.17) is 4.98 Å². The van der Waals surface area contributed by atoms with Crippen LogP contribution in [-0.4, -0.2) is 35.1 Å². The number of aromatic amines is 2. The molecule has 0 saturated carbocycles. The Morgan fingerprint density at radius 3 is 2.39 bits per heavy atom. The van der Waals surface area contributed by atoms with Crippen LogP contribution in [0.5, 0.6) is 0 Å². The molecule has 0 unspecified atom stereocenters. The zero-order valence-electron chi connectivity index (χ0n) is 14.6. The minimum atomic E-state index is 0.804. The van der Waals surface area contributed by atoms with Crippen LogP contribution in [0.25, 0.3) is 55.7 Å². The molecule has 2 aromatic carbocycles. The summed E-state index contributed by atoms with van der Waals surface area (Å²) >= 11 is 0. The van der Waals surface area contributed by atoms with Crippen LogP contribution in [0.15, 0.2) is 67.1 Å². The van der Waals surface area contributed by atoms with Gasteiger partial charge < -0.3 is 9.97 Å². The fourth-order valence-corrected chi connectivity index (χ4v) is 3.42. The summed E-state index contributed by atoms with van der Waals surface area (Å²) in [6.45, 7) is 0. The fourth-order valence-electron chi connectivity index (χ4n) is 3.42. The van der Waals surface area contributed by atoms with Crippen molar-refractivity contribution in [3.05, 3.63) is 67.1 Å². The molecule has 7 heteroatoms. The summed E-state index contributed by atoms with van der Waals surface area (Å²) in [6.07, 6.45) is 5.21. The van der Waals surface area contributed by atoms with Crippen molar-refractivity contribution in [1.82, 2.24) is 35.1 Å². The molecule has 0 bridgehead atoms. The summed E-state index contributed by atoms with van der Waals surface area (Å²) in [6, 6.07) is 16.0. The summed E-state index contributed by atoms with van der Waals surface area (Å²) in [7, 11) is 0. The van der Waals surface area contributed by atoms with Gasteiger partial charge in [0, 0.05) is 22.7 Å². The number of rotatable bonds is 2. The maximum Gasteiger partial charge on any atom is 0.138 e. The van der Waals surface area contributed by atoms with E-state index >= 15 is 0 Å². The van der Waals surface area contributed by atoms with E-state index in [1.807, 2.05) is 42.5 Å². The Hall–Kier alpha value is -4.13. The monoisotopic (exact) mass is 363 g/mol. The zero-order valence-corrected chi connectivity index (χ0v) is 14.6. The van der Waals surface area contributed by atoms with E-state index in [-0.39, 0.29) is 0 Å². The summed E-state index contributed by atoms with van der Waals surface area (Å²) in [5.41, 5.74) is 6.53. The molecule has 0 spiro atoms. The SMILES string of the molecule is c1cc2nc(-c3ccc4[nH]c(-c5ccc6nnccc6c5)nc4c3)[nH]c2cn1. The van der Waals surface area contributed by atoms with Crippen LogP contribution in [0.4, 0.5) is 0 Å². The number of hydrogen-bond donors (Lipinski definition) is 2. The van der Waals surface area contributed by atoms with Gasteiger partial charge in [-0.05, 0) is 48.5 Å². The number of nitrogens with one attached hydrogen (secondary N) is 2. The van der Waals surface area contributed by atoms with Gasteiger partial charge in [0.1, 0.15) is 11.6 Å². The van der Waals surface area contributed by atoms with Crippen molar-refractivity contribution in [2.75, 3.05) is 0 Å². The molecule has 0 aliphatic carbocycles. The molecule has 4 heterocycles. The molecule has 7 nitrogen and oxygen atoms in total. The van der Waals surface area contributed by atoms with Crippen LogP contribution in [0, 0.1) is 0 Å². The van der Waals surface area contributed by atoms with Crippen LogP contribution < -0.4 is 0 Å². The standard InChI is InChI=1S/C21H13N7/c1-3-15-12(5-8-23-28-15)9-13(1)20-24-16-4-2-14(10-18(16)26-20)21-25-17-6-7-22-11-19(17)27-21/h1-11H,(H,24,26)(H,25,27). The maximum absolute atomic E-state index is 4.78. The molecule has 6 rings (SSSR count). The molecule has 6 aromatic rings. The lowest BCUT2D eigenvalue weighted by Gasteiger charge is -1.99. The second kappa shape index (κ2) is 5.68. The molecule has 132 valence electrons. The first-order valence-corrected chi connectivity index (χ1v) is 8.85. The van der Waals surface area contributed by atoms with Crippen molar-refractivity contribution >= 4 is 33.0 Å². The molecule has 0 amide bonds. The Morgan fingerprint density at radius 2 is 1.46 bits per heavy atom. The van der Waals surface area contributed by atoms with Gasteiger partial charge in [-0.3, -0.25) is 4.98 Å². The van der Waals surface area contributed by atoms with E-state index in [1.165, 1.54) is 0 Å². The second-order valence-electron chi connectivity index (χ2n) is 6.60. The Balaban J connectivity index is 1.45. The Bertz CT molecular complexity index is 1450. The first kappa shape index (κ1) is 15.0. The lowest BCUT2D eigenvalue weighted by Crippen LogP contribution is -1.85. The van der Waals surface area contributed by atoms with Crippen molar-refractivity contribution in [2.45, 2.75) is 0 Å². The van der Waals surface area contributed by atoms with Crippen LogP contribution in [0.3, 0.4) is 0 Å². The van der Waals surface area contributed by atoms with Crippen LogP contribution in [0.1, 0.15) is 0 Å². The smallest absolute Gasteiger partial charge is 0.138 e. The number of pyridine rings is 1. The average Bonchev–Trinajstić information content (AvgIpc) is 3.37. The highest BCUT2D eigenvalue weighted by Crippen LogP contribution is 2.27. The zero-order chi connectivity index (χ0) is 18.5. The van der Waals surface area contributed by atoms with Gasteiger partial charge in [0.25, 0.3) is 0 Å². The molecule has 0 fully saturated rings. The van der Waals surface area contributed by atoms with Crippen molar-refractivity contribution in [3.8, 4) is 22.8 Å². The number of aromatic nitrogens is 7. The molecule has 4 aromatic heterocycles. The van der Waals surface area contributed by atoms with E-state index in [9.17, 15) is 0 Å². The third-order valence-corrected chi connectivity index (χ3v) is 4.83. The predicted octanol–water partition coefficient (Wildman–Crippen LogP) is 4.11. The highest BCUT2D eigenvalue weighted by molar-refractivity contribution is 5.87. The number of fused-ring (bicyclic) bond motifs is 3. The van der Waals surface area contributed by atoms with Gasteiger partial charge in [-0.15, -0.1) is 0 Å². The molecular formula is C21H13N7. The lowest BCUT2D eigenvalue weighted by atomic mass is 10.1. The van der Waals surface area contributed by atoms with E-state index in [0.717, 1.165) is 55.7 Å². The first-order chi connectivity index (χ1) is 13.8. The van der Waals surface area contributed by atoms with Crippen LogP contribution in [0.2, 0.25) is 0 Å². The minimum absolute atomic E-state index is 0.804. The van der Waals surface area contributed by atoms with Gasteiger partial charge in [0.05, 0.1) is 40.0 Å². The van der Waals surface area contributed by atoms with Gasteiger partial charge in [-0.1, -0.05) is 0 Å². The second-order valence-corrected chi connectivity index (χ2v) is 6.60. The molecule has 0 saturated heterocycles. The van der Waals surface area contributed by atoms with Crippen molar-refractivity contribution in [3.63, 3.8) is 0 Å². The Labute approximate surface area is 158 Å². The summed E-state index contributed by atoms with van der Waals surface area (Å²) in [4.78, 5) is 20.3. The largest absolute Gasteiger partial charge is 0.338 e. The van der Waals surface area contributed by atoms with Crippen LogP contribution in [-0.2, 0) is 0 Å². The van der Waals surface area contributed by atoms with Crippen molar-refractivity contribution in [1.29, 1.82) is 0 Å². The van der Waals surface area contributed by atoms with E-state index in [2.05, 4.69) is 36.2 Å². The molecule has 0 atom stereocenters. The average molecular weight is 363 g/mol. The number of nitrogens with zero attached hydrogens (tertiary/aromatic N) is 5. The quantitative estimate of drug-likeness (QED) is 0.483. The number of benzene rings is 2. The molecular weight excluding hydrogens is 350 g/mol. The predicted molar refractivity (Wildman–Crippen MR) is 108 cm³/mol. The van der Waals surface area contributed by atoms with Gasteiger partial charge in [0.2, 0.25) is 0 Å². The van der Waals surface area contributed by atoms with E-state index in [1.54, 1.807) is 18.6 Å². The van der Waals surface area contributed by atoms with Crippen LogP contribution >= 0.6 is 0 Å². The molecule has 28 heavy (non-hydrogen) atoms. The van der Waals surface area contributed by atoms with E-state index < -0.39 is 0 Å². The minimum Gasteiger partial charge on any atom is -0.338 e. The Morgan fingerprint density at radius 1 is 0.643 bits per heavy atom. The summed E-state index contributed by atoms with van der Waals surface area (Å²) in [5, 5.41) is 9.08. The topological polar surface area (TPSA) is 96.0 Å². The number of hydrogen-bond acceptors (Lipinski definition) is 5. The lowest BCUT2D eigenvalue weighted by molar-refractivity contribution is 1.08. The fraction of sp³-hybridized carbons (Fsp3) is 0. The maximum atomic E-state index is 4.78. The summed E-state index contributed by atoms with van der Waals surface area (Å²) < 4.78 is 0. The Kier molecular flexibility index (Phi) is 3.04. The van der Waals surface area contributed by atoms with Crippen molar-refractivity contribution < 1.29 is 0 Å². The third kappa shape index (κ3) is 2.34. The molecule has 0 aliphatic heterocycles. The van der Waals surface area contributed by atoms with Gasteiger partial charge >= 0.3 is 0 Å². The van der Waals surface area contributed by atoms with Gasteiger partial charge in [-0.2, -0.15) is 10.2 Å². The normalized spacial score (nSPS) is 11.6. The van der Waals surface area contributed by atoms with E-state index in [0.29, 0.717) is 0 Å².